The van der Waals surface area contributed by atoms with Gasteiger partial charge in [0.05, 0.1) is 6.61 Å². The standard InChI is InChI=1S/C17H19BrO2/c1-4-19-15-8-9-16(18)14(10-15)11-20-17-12(2)6-5-7-13(17)3/h5-10H,4,11H2,1-3H3. The number of halogens is 1. The van der Waals surface area contributed by atoms with Gasteiger partial charge < -0.3 is 9.47 Å². The van der Waals surface area contributed by atoms with E-state index in [1.807, 2.05) is 31.2 Å². The molecule has 0 N–H and O–H groups in total. The number of ether oxygens (including phenoxy) is 2. The molecule has 0 heterocycles. The lowest BCUT2D eigenvalue weighted by molar-refractivity contribution is 0.298. The molecule has 0 aliphatic carbocycles. The average molecular weight is 335 g/mol. The van der Waals surface area contributed by atoms with Gasteiger partial charge in [0, 0.05) is 10.0 Å². The Morgan fingerprint density at radius 2 is 1.70 bits per heavy atom. The Labute approximate surface area is 128 Å². The lowest BCUT2D eigenvalue weighted by atomic mass is 10.1. The number of para-hydroxylation sites is 1. The highest BCUT2D eigenvalue weighted by Gasteiger charge is 2.07. The van der Waals surface area contributed by atoms with E-state index in [1.165, 1.54) is 0 Å². The zero-order valence-corrected chi connectivity index (χ0v) is 13.7. The van der Waals surface area contributed by atoms with Crippen molar-refractivity contribution in [1.29, 1.82) is 0 Å². The van der Waals surface area contributed by atoms with E-state index >= 15 is 0 Å². The third-order valence-corrected chi connectivity index (χ3v) is 3.88. The summed E-state index contributed by atoms with van der Waals surface area (Å²) in [6.07, 6.45) is 0. The van der Waals surface area contributed by atoms with Crippen LogP contribution in [0.15, 0.2) is 40.9 Å². The quantitative estimate of drug-likeness (QED) is 0.762. The van der Waals surface area contributed by atoms with Crippen molar-refractivity contribution in [3.63, 3.8) is 0 Å². The molecule has 0 unspecified atom stereocenters. The van der Waals surface area contributed by atoms with Crippen molar-refractivity contribution >= 4 is 15.9 Å². The zero-order valence-electron chi connectivity index (χ0n) is 12.1. The summed E-state index contributed by atoms with van der Waals surface area (Å²) >= 11 is 3.56. The highest BCUT2D eigenvalue weighted by molar-refractivity contribution is 9.10. The van der Waals surface area contributed by atoms with Crippen molar-refractivity contribution in [2.75, 3.05) is 6.61 Å². The molecule has 2 rings (SSSR count). The second-order valence-corrected chi connectivity index (χ2v) is 5.55. The SMILES string of the molecule is CCOc1ccc(Br)c(COc2c(C)cccc2C)c1. The Balaban J connectivity index is 2.16. The molecule has 0 aliphatic heterocycles. The molecule has 0 aliphatic rings. The van der Waals surface area contributed by atoms with Gasteiger partial charge in [-0.1, -0.05) is 34.1 Å². The van der Waals surface area contributed by atoms with Crippen LogP contribution >= 0.6 is 15.9 Å². The first-order valence-corrected chi connectivity index (χ1v) is 7.51. The van der Waals surface area contributed by atoms with Crippen LogP contribution in [0.3, 0.4) is 0 Å². The summed E-state index contributed by atoms with van der Waals surface area (Å²) in [6, 6.07) is 12.1. The maximum atomic E-state index is 5.98. The minimum atomic E-state index is 0.521. The lowest BCUT2D eigenvalue weighted by Crippen LogP contribution is -2.01. The lowest BCUT2D eigenvalue weighted by Gasteiger charge is -2.13. The van der Waals surface area contributed by atoms with Gasteiger partial charge in [0.15, 0.2) is 0 Å². The van der Waals surface area contributed by atoms with Gasteiger partial charge in [0.2, 0.25) is 0 Å². The zero-order chi connectivity index (χ0) is 14.5. The predicted molar refractivity (Wildman–Crippen MR) is 85.6 cm³/mol. The Kier molecular flexibility index (Phi) is 5.07. The summed E-state index contributed by atoms with van der Waals surface area (Å²) < 4.78 is 12.5. The van der Waals surface area contributed by atoms with Crippen molar-refractivity contribution in [2.45, 2.75) is 27.4 Å². The van der Waals surface area contributed by atoms with E-state index in [9.17, 15) is 0 Å². The van der Waals surface area contributed by atoms with Crippen LogP contribution in [0.4, 0.5) is 0 Å². The molecule has 0 saturated heterocycles. The first-order chi connectivity index (χ1) is 9.61. The maximum Gasteiger partial charge on any atom is 0.125 e. The molecular weight excluding hydrogens is 316 g/mol. The predicted octanol–water partition coefficient (Wildman–Crippen LogP) is 5.04. The molecule has 2 nitrogen and oxygen atoms in total. The van der Waals surface area contributed by atoms with E-state index in [-0.39, 0.29) is 0 Å². The van der Waals surface area contributed by atoms with Gasteiger partial charge in [-0.25, -0.2) is 0 Å². The third-order valence-electron chi connectivity index (χ3n) is 3.11. The highest BCUT2D eigenvalue weighted by atomic mass is 79.9. The van der Waals surface area contributed by atoms with Crippen molar-refractivity contribution in [1.82, 2.24) is 0 Å². The molecule has 0 bridgehead atoms. The van der Waals surface area contributed by atoms with Gasteiger partial charge >= 0.3 is 0 Å². The van der Waals surface area contributed by atoms with Gasteiger partial charge in [-0.05, 0) is 50.1 Å². The fourth-order valence-electron chi connectivity index (χ4n) is 2.09. The fourth-order valence-corrected chi connectivity index (χ4v) is 2.46. The summed E-state index contributed by atoms with van der Waals surface area (Å²) in [5, 5.41) is 0. The summed E-state index contributed by atoms with van der Waals surface area (Å²) in [6.45, 7) is 7.29. The minimum Gasteiger partial charge on any atom is -0.494 e. The number of rotatable bonds is 5. The summed E-state index contributed by atoms with van der Waals surface area (Å²) in [5.41, 5.74) is 3.39. The first kappa shape index (κ1) is 14.9. The van der Waals surface area contributed by atoms with Crippen LogP contribution in [-0.4, -0.2) is 6.61 Å². The number of hydrogen-bond donors (Lipinski definition) is 0. The van der Waals surface area contributed by atoms with E-state index in [4.69, 9.17) is 9.47 Å². The number of benzene rings is 2. The summed E-state index contributed by atoms with van der Waals surface area (Å²) in [4.78, 5) is 0. The normalized spacial score (nSPS) is 10.4. The van der Waals surface area contributed by atoms with Crippen molar-refractivity contribution in [3.05, 3.63) is 57.6 Å². The van der Waals surface area contributed by atoms with Crippen LogP contribution in [0.1, 0.15) is 23.6 Å². The molecule has 0 atom stereocenters. The van der Waals surface area contributed by atoms with Crippen LogP contribution in [0, 0.1) is 13.8 Å². The largest absolute Gasteiger partial charge is 0.494 e. The first-order valence-electron chi connectivity index (χ1n) is 6.72. The highest BCUT2D eigenvalue weighted by Crippen LogP contribution is 2.27. The second-order valence-electron chi connectivity index (χ2n) is 4.70. The number of hydrogen-bond acceptors (Lipinski definition) is 2. The van der Waals surface area contributed by atoms with E-state index in [2.05, 4.69) is 41.9 Å². The molecule has 0 saturated carbocycles. The Morgan fingerprint density at radius 3 is 2.35 bits per heavy atom. The third kappa shape index (κ3) is 3.54. The smallest absolute Gasteiger partial charge is 0.125 e. The Bertz CT molecular complexity index is 573. The van der Waals surface area contributed by atoms with Gasteiger partial charge in [-0.15, -0.1) is 0 Å². The van der Waals surface area contributed by atoms with Gasteiger partial charge in [-0.2, -0.15) is 0 Å². The molecule has 0 amide bonds. The molecule has 106 valence electrons. The van der Waals surface area contributed by atoms with Crippen molar-refractivity contribution < 1.29 is 9.47 Å². The van der Waals surface area contributed by atoms with Crippen LogP contribution < -0.4 is 9.47 Å². The summed E-state index contributed by atoms with van der Waals surface area (Å²) in [5.74, 6) is 1.83. The molecule has 3 heteroatoms. The van der Waals surface area contributed by atoms with Crippen molar-refractivity contribution in [2.24, 2.45) is 0 Å². The van der Waals surface area contributed by atoms with E-state index in [0.717, 1.165) is 32.7 Å². The maximum absolute atomic E-state index is 5.98. The topological polar surface area (TPSA) is 18.5 Å². The van der Waals surface area contributed by atoms with Gasteiger partial charge in [-0.3, -0.25) is 0 Å². The van der Waals surface area contributed by atoms with Crippen LogP contribution in [0.2, 0.25) is 0 Å². The number of aryl methyl sites for hydroxylation is 2. The molecule has 20 heavy (non-hydrogen) atoms. The monoisotopic (exact) mass is 334 g/mol. The molecule has 0 radical (unpaired) electrons. The van der Waals surface area contributed by atoms with Crippen molar-refractivity contribution in [3.8, 4) is 11.5 Å². The van der Waals surface area contributed by atoms with Gasteiger partial charge in [0.1, 0.15) is 18.1 Å². The fraction of sp³-hybridized carbons (Fsp3) is 0.294. The Hall–Kier alpha value is -1.48. The second kappa shape index (κ2) is 6.80. The molecule has 2 aromatic carbocycles. The minimum absolute atomic E-state index is 0.521. The van der Waals surface area contributed by atoms with E-state index in [0.29, 0.717) is 13.2 Å². The molecule has 0 fully saturated rings. The van der Waals surface area contributed by atoms with Gasteiger partial charge in [0.25, 0.3) is 0 Å². The van der Waals surface area contributed by atoms with Crippen LogP contribution in [-0.2, 0) is 6.61 Å². The Morgan fingerprint density at radius 1 is 1.00 bits per heavy atom. The van der Waals surface area contributed by atoms with E-state index in [1.54, 1.807) is 0 Å². The summed E-state index contributed by atoms with van der Waals surface area (Å²) in [7, 11) is 0. The molecule has 2 aromatic rings. The molecule has 0 aromatic heterocycles. The van der Waals surface area contributed by atoms with Crippen LogP contribution in [0.25, 0.3) is 0 Å². The molecule has 0 spiro atoms. The molecular formula is C17H19BrO2. The van der Waals surface area contributed by atoms with Crippen LogP contribution in [0.5, 0.6) is 11.5 Å². The van der Waals surface area contributed by atoms with E-state index < -0.39 is 0 Å². The average Bonchev–Trinajstić information content (AvgIpc) is 2.42.